The Morgan fingerprint density at radius 3 is 2.93 bits per heavy atom. The topological polar surface area (TPSA) is 54.5 Å². The Morgan fingerprint density at radius 1 is 1.28 bits per heavy atom. The van der Waals surface area contributed by atoms with E-state index in [1.165, 1.54) is 23.5 Å². The summed E-state index contributed by atoms with van der Waals surface area (Å²) in [6.45, 7) is 2.76. The van der Waals surface area contributed by atoms with Crippen LogP contribution in [0.25, 0.3) is 0 Å². The number of nitrogens with one attached hydrogen (secondary N) is 1. The van der Waals surface area contributed by atoms with Crippen LogP contribution in [-0.4, -0.2) is 30.5 Å². The highest BCUT2D eigenvalue weighted by Gasteiger charge is 2.23. The molecule has 1 aromatic heterocycles. The van der Waals surface area contributed by atoms with Gasteiger partial charge in [-0.15, -0.1) is 11.3 Å². The van der Waals surface area contributed by atoms with Gasteiger partial charge in [0.1, 0.15) is 18.2 Å². The molecule has 7 heteroatoms. The fourth-order valence-electron chi connectivity index (χ4n) is 3.42. The van der Waals surface area contributed by atoms with Gasteiger partial charge in [0.15, 0.2) is 0 Å². The van der Waals surface area contributed by atoms with Crippen molar-refractivity contribution in [3.63, 3.8) is 0 Å². The summed E-state index contributed by atoms with van der Waals surface area (Å²) >= 11 is 1.53. The summed E-state index contributed by atoms with van der Waals surface area (Å²) in [4.78, 5) is 19.0. The van der Waals surface area contributed by atoms with E-state index in [4.69, 9.17) is 4.74 Å². The Balaban J connectivity index is 1.27. The van der Waals surface area contributed by atoms with Crippen molar-refractivity contribution in [2.45, 2.75) is 13.0 Å². The number of amides is 1. The van der Waals surface area contributed by atoms with Gasteiger partial charge < -0.3 is 15.0 Å². The lowest BCUT2D eigenvalue weighted by atomic mass is 10.1. The second-order valence-corrected chi connectivity index (χ2v) is 7.80. The van der Waals surface area contributed by atoms with Gasteiger partial charge in [0.25, 0.3) is 5.91 Å². The third kappa shape index (κ3) is 5.12. The molecule has 0 saturated carbocycles. The predicted molar refractivity (Wildman–Crippen MR) is 112 cm³/mol. The quantitative estimate of drug-likeness (QED) is 0.636. The number of carbonyl (C=O) groups is 1. The van der Waals surface area contributed by atoms with E-state index in [2.05, 4.69) is 15.2 Å². The number of nitrogens with zero attached hydrogens (tertiary/aromatic N) is 2. The highest BCUT2D eigenvalue weighted by atomic mass is 32.1. The number of rotatable bonds is 7. The lowest BCUT2D eigenvalue weighted by Gasteiger charge is -2.19. The van der Waals surface area contributed by atoms with E-state index in [0.717, 1.165) is 30.9 Å². The SMILES string of the molecule is O=C(NCC1CCN(c2ccc(F)cc2)C1)c1cccc(OCc2cscn2)c1. The summed E-state index contributed by atoms with van der Waals surface area (Å²) in [5.74, 6) is 0.681. The van der Waals surface area contributed by atoms with E-state index in [0.29, 0.717) is 30.4 Å². The zero-order chi connectivity index (χ0) is 20.1. The zero-order valence-corrected chi connectivity index (χ0v) is 16.7. The maximum Gasteiger partial charge on any atom is 0.251 e. The molecule has 0 aliphatic carbocycles. The number of ether oxygens (including phenoxy) is 1. The molecule has 2 heterocycles. The molecule has 1 saturated heterocycles. The normalized spacial score (nSPS) is 16.0. The van der Waals surface area contributed by atoms with Gasteiger partial charge in [-0.05, 0) is 54.8 Å². The van der Waals surface area contributed by atoms with Crippen molar-refractivity contribution in [3.8, 4) is 5.75 Å². The summed E-state index contributed by atoms with van der Waals surface area (Å²) < 4.78 is 18.8. The number of aromatic nitrogens is 1. The van der Waals surface area contributed by atoms with Crippen molar-refractivity contribution in [2.24, 2.45) is 5.92 Å². The van der Waals surface area contributed by atoms with Gasteiger partial charge in [-0.3, -0.25) is 4.79 Å². The number of thiazole rings is 1. The first kappa shape index (κ1) is 19.4. The first-order valence-electron chi connectivity index (χ1n) is 9.56. The number of hydrogen-bond donors (Lipinski definition) is 1. The molecule has 0 spiro atoms. The largest absolute Gasteiger partial charge is 0.487 e. The van der Waals surface area contributed by atoms with Crippen LogP contribution in [0.15, 0.2) is 59.4 Å². The molecule has 29 heavy (non-hydrogen) atoms. The van der Waals surface area contributed by atoms with Gasteiger partial charge in [-0.1, -0.05) is 6.07 Å². The van der Waals surface area contributed by atoms with Crippen molar-refractivity contribution in [2.75, 3.05) is 24.5 Å². The van der Waals surface area contributed by atoms with Crippen LogP contribution < -0.4 is 15.0 Å². The Labute approximate surface area is 173 Å². The molecule has 1 aliphatic heterocycles. The lowest BCUT2D eigenvalue weighted by Crippen LogP contribution is -2.31. The Morgan fingerprint density at radius 2 is 2.14 bits per heavy atom. The second-order valence-electron chi connectivity index (χ2n) is 7.08. The molecule has 5 nitrogen and oxygen atoms in total. The molecule has 3 aromatic rings. The minimum atomic E-state index is -0.227. The fourth-order valence-corrected chi connectivity index (χ4v) is 3.96. The first-order valence-corrected chi connectivity index (χ1v) is 10.5. The first-order chi connectivity index (χ1) is 14.2. The van der Waals surface area contributed by atoms with Crippen molar-refractivity contribution in [3.05, 3.63) is 76.5 Å². The van der Waals surface area contributed by atoms with Gasteiger partial charge >= 0.3 is 0 Å². The Hall–Kier alpha value is -2.93. The molecule has 4 rings (SSSR count). The smallest absolute Gasteiger partial charge is 0.251 e. The van der Waals surface area contributed by atoms with E-state index in [9.17, 15) is 9.18 Å². The molecule has 2 aromatic carbocycles. The minimum absolute atomic E-state index is 0.107. The summed E-state index contributed by atoms with van der Waals surface area (Å²) in [6.07, 6.45) is 0.994. The molecule has 0 bridgehead atoms. The summed E-state index contributed by atoms with van der Waals surface area (Å²) in [6, 6.07) is 13.7. The van der Waals surface area contributed by atoms with Crippen LogP contribution in [0.3, 0.4) is 0 Å². The van der Waals surface area contributed by atoms with Crippen LogP contribution in [0.4, 0.5) is 10.1 Å². The molecule has 1 unspecified atom stereocenters. The maximum absolute atomic E-state index is 13.1. The van der Waals surface area contributed by atoms with Gasteiger partial charge in [0, 0.05) is 36.3 Å². The molecule has 150 valence electrons. The summed E-state index contributed by atoms with van der Waals surface area (Å²) in [5, 5.41) is 4.96. The Kier molecular flexibility index (Phi) is 6.05. The van der Waals surface area contributed by atoms with Crippen LogP contribution in [0.5, 0.6) is 5.75 Å². The van der Waals surface area contributed by atoms with E-state index in [1.54, 1.807) is 29.8 Å². The number of benzene rings is 2. The van der Waals surface area contributed by atoms with Crippen LogP contribution in [-0.2, 0) is 6.61 Å². The number of hydrogen-bond acceptors (Lipinski definition) is 5. The molecule has 1 atom stereocenters. The van der Waals surface area contributed by atoms with Gasteiger partial charge in [-0.2, -0.15) is 0 Å². The molecule has 1 fully saturated rings. The third-order valence-corrected chi connectivity index (χ3v) is 5.63. The van der Waals surface area contributed by atoms with Crippen LogP contribution >= 0.6 is 11.3 Å². The average molecular weight is 412 g/mol. The second kappa shape index (κ2) is 9.05. The fraction of sp³-hybridized carbons (Fsp3) is 0.273. The van der Waals surface area contributed by atoms with Crippen LogP contribution in [0, 0.1) is 11.7 Å². The third-order valence-electron chi connectivity index (χ3n) is 5.00. The van der Waals surface area contributed by atoms with E-state index < -0.39 is 0 Å². The molecule has 1 N–H and O–H groups in total. The van der Waals surface area contributed by atoms with E-state index >= 15 is 0 Å². The summed E-state index contributed by atoms with van der Waals surface area (Å²) in [5.41, 5.74) is 4.24. The number of carbonyl (C=O) groups excluding carboxylic acids is 1. The number of halogens is 1. The van der Waals surface area contributed by atoms with Gasteiger partial charge in [0.05, 0.1) is 11.2 Å². The minimum Gasteiger partial charge on any atom is -0.487 e. The highest BCUT2D eigenvalue weighted by molar-refractivity contribution is 7.07. The average Bonchev–Trinajstić information content (AvgIpc) is 3.43. The van der Waals surface area contributed by atoms with Crippen molar-refractivity contribution in [1.82, 2.24) is 10.3 Å². The van der Waals surface area contributed by atoms with E-state index in [-0.39, 0.29) is 11.7 Å². The zero-order valence-electron chi connectivity index (χ0n) is 15.9. The Bertz CT molecular complexity index is 947. The number of anilines is 1. The molecular formula is C22H22FN3O2S. The molecule has 1 aliphatic rings. The predicted octanol–water partition coefficient (Wildman–Crippen LogP) is 4.12. The van der Waals surface area contributed by atoms with Crippen molar-refractivity contribution in [1.29, 1.82) is 0 Å². The van der Waals surface area contributed by atoms with Gasteiger partial charge in [0.2, 0.25) is 0 Å². The molecule has 1 amide bonds. The molecular weight excluding hydrogens is 389 g/mol. The van der Waals surface area contributed by atoms with E-state index in [1.807, 2.05) is 17.5 Å². The van der Waals surface area contributed by atoms with Crippen LogP contribution in [0.2, 0.25) is 0 Å². The van der Waals surface area contributed by atoms with Crippen molar-refractivity contribution < 1.29 is 13.9 Å². The van der Waals surface area contributed by atoms with Crippen molar-refractivity contribution >= 4 is 22.9 Å². The monoisotopic (exact) mass is 411 g/mol. The molecule has 0 radical (unpaired) electrons. The highest BCUT2D eigenvalue weighted by Crippen LogP contribution is 2.24. The van der Waals surface area contributed by atoms with Crippen LogP contribution in [0.1, 0.15) is 22.5 Å². The summed E-state index contributed by atoms with van der Waals surface area (Å²) in [7, 11) is 0. The van der Waals surface area contributed by atoms with Gasteiger partial charge in [-0.25, -0.2) is 9.37 Å². The standard InChI is InChI=1S/C22H22FN3O2S/c23-18-4-6-20(7-5-18)26-9-8-16(12-26)11-24-22(27)17-2-1-3-21(10-17)28-13-19-14-29-15-25-19/h1-7,10,14-16H,8-9,11-13H2,(H,24,27). The maximum atomic E-state index is 13.1. The lowest BCUT2D eigenvalue weighted by molar-refractivity contribution is 0.0947.